The molecular weight excluding hydrogens is 451 g/mol. The molecule has 4 rings (SSSR count). The van der Waals surface area contributed by atoms with Crippen LogP contribution in [0.2, 0.25) is 0 Å². The SMILES string of the molecule is Cc1ccc(C)c(NC(=S)NC(C)C(c2cccs2)N2CCN(c3ccccc3F)CC2)c1. The van der Waals surface area contributed by atoms with Gasteiger partial charge in [0.2, 0.25) is 0 Å². The number of benzene rings is 2. The van der Waals surface area contributed by atoms with E-state index >= 15 is 0 Å². The Morgan fingerprint density at radius 2 is 1.79 bits per heavy atom. The summed E-state index contributed by atoms with van der Waals surface area (Å²) in [4.78, 5) is 5.94. The third-order valence-corrected chi connectivity index (χ3v) is 7.37. The summed E-state index contributed by atoms with van der Waals surface area (Å²) in [5, 5.41) is 9.65. The van der Waals surface area contributed by atoms with Crippen LogP contribution in [0.25, 0.3) is 0 Å². The van der Waals surface area contributed by atoms with Crippen molar-refractivity contribution in [2.75, 3.05) is 36.4 Å². The molecule has 0 saturated carbocycles. The van der Waals surface area contributed by atoms with Crippen molar-refractivity contribution in [2.45, 2.75) is 32.9 Å². The van der Waals surface area contributed by atoms with Gasteiger partial charge in [0, 0.05) is 42.8 Å². The number of hydrogen-bond donors (Lipinski definition) is 2. The van der Waals surface area contributed by atoms with Crippen molar-refractivity contribution in [1.29, 1.82) is 0 Å². The first kappa shape index (κ1) is 23.7. The topological polar surface area (TPSA) is 30.5 Å². The highest BCUT2D eigenvalue weighted by molar-refractivity contribution is 7.80. The first-order valence-electron chi connectivity index (χ1n) is 11.3. The Bertz CT molecular complexity index is 1080. The molecule has 0 radical (unpaired) electrons. The summed E-state index contributed by atoms with van der Waals surface area (Å²) in [7, 11) is 0. The standard InChI is InChI=1S/C26H31FN4S2/c1-18-10-11-19(2)22(17-18)29-26(32)28-20(3)25(24-9-6-16-33-24)31-14-12-30(13-15-31)23-8-5-4-7-21(23)27/h4-11,16-17,20,25H,12-15H2,1-3H3,(H2,28,29,32). The second kappa shape index (κ2) is 10.6. The fraction of sp³-hybridized carbons (Fsp3) is 0.346. The molecule has 2 heterocycles. The molecule has 1 fully saturated rings. The molecule has 7 heteroatoms. The second-order valence-electron chi connectivity index (χ2n) is 8.64. The molecule has 2 atom stereocenters. The summed E-state index contributed by atoms with van der Waals surface area (Å²) >= 11 is 7.44. The molecule has 0 amide bonds. The van der Waals surface area contributed by atoms with E-state index in [1.807, 2.05) is 12.1 Å². The number of nitrogens with zero attached hydrogens (tertiary/aromatic N) is 2. The summed E-state index contributed by atoms with van der Waals surface area (Å²) in [6.07, 6.45) is 0. The zero-order valence-corrected chi connectivity index (χ0v) is 21.0. The van der Waals surface area contributed by atoms with E-state index in [1.54, 1.807) is 17.4 Å². The maximum Gasteiger partial charge on any atom is 0.171 e. The Hall–Kier alpha value is -2.48. The molecule has 1 aromatic heterocycles. The van der Waals surface area contributed by atoms with Crippen molar-refractivity contribution in [1.82, 2.24) is 10.2 Å². The van der Waals surface area contributed by atoms with E-state index in [1.165, 1.54) is 16.5 Å². The number of aryl methyl sites for hydroxylation is 2. The lowest BCUT2D eigenvalue weighted by molar-refractivity contribution is 0.163. The first-order chi connectivity index (χ1) is 15.9. The van der Waals surface area contributed by atoms with Crippen LogP contribution in [0.4, 0.5) is 15.8 Å². The molecule has 33 heavy (non-hydrogen) atoms. The monoisotopic (exact) mass is 482 g/mol. The molecule has 0 bridgehead atoms. The summed E-state index contributed by atoms with van der Waals surface area (Å²) in [5.41, 5.74) is 4.08. The highest BCUT2D eigenvalue weighted by atomic mass is 32.1. The van der Waals surface area contributed by atoms with Crippen LogP contribution in [-0.2, 0) is 0 Å². The van der Waals surface area contributed by atoms with Gasteiger partial charge in [-0.05, 0) is 73.8 Å². The third-order valence-electron chi connectivity index (χ3n) is 6.21. The van der Waals surface area contributed by atoms with Crippen LogP contribution in [0, 0.1) is 19.7 Å². The van der Waals surface area contributed by atoms with Gasteiger partial charge in [0.1, 0.15) is 5.82 Å². The fourth-order valence-electron chi connectivity index (χ4n) is 4.47. The number of nitrogens with one attached hydrogen (secondary N) is 2. The molecule has 1 aliphatic heterocycles. The third kappa shape index (κ3) is 5.72. The highest BCUT2D eigenvalue weighted by Gasteiger charge is 2.31. The van der Waals surface area contributed by atoms with E-state index in [9.17, 15) is 4.39 Å². The largest absolute Gasteiger partial charge is 0.367 e. The van der Waals surface area contributed by atoms with Gasteiger partial charge in [-0.1, -0.05) is 30.3 Å². The van der Waals surface area contributed by atoms with Crippen LogP contribution in [0.1, 0.15) is 29.0 Å². The van der Waals surface area contributed by atoms with E-state index < -0.39 is 0 Å². The van der Waals surface area contributed by atoms with Crippen LogP contribution >= 0.6 is 23.6 Å². The Morgan fingerprint density at radius 1 is 1.03 bits per heavy atom. The van der Waals surface area contributed by atoms with Crippen LogP contribution in [0.15, 0.2) is 60.0 Å². The Balaban J connectivity index is 1.44. The van der Waals surface area contributed by atoms with Gasteiger partial charge in [0.05, 0.1) is 11.7 Å². The molecule has 2 unspecified atom stereocenters. The normalized spacial score (nSPS) is 16.3. The van der Waals surface area contributed by atoms with Gasteiger partial charge in [-0.3, -0.25) is 4.90 Å². The van der Waals surface area contributed by atoms with E-state index in [0.717, 1.165) is 37.4 Å². The maximum atomic E-state index is 14.3. The molecule has 174 valence electrons. The van der Waals surface area contributed by atoms with Gasteiger partial charge in [0.25, 0.3) is 0 Å². The van der Waals surface area contributed by atoms with Crippen molar-refractivity contribution < 1.29 is 4.39 Å². The number of piperazine rings is 1. The van der Waals surface area contributed by atoms with Crippen molar-refractivity contribution in [2.24, 2.45) is 0 Å². The Labute approximate surface area is 205 Å². The van der Waals surface area contributed by atoms with E-state index in [0.29, 0.717) is 10.8 Å². The van der Waals surface area contributed by atoms with E-state index in [-0.39, 0.29) is 17.9 Å². The second-order valence-corrected chi connectivity index (χ2v) is 10.0. The van der Waals surface area contributed by atoms with Gasteiger partial charge >= 0.3 is 0 Å². The molecule has 2 aromatic carbocycles. The summed E-state index contributed by atoms with van der Waals surface area (Å²) < 4.78 is 14.3. The number of halogens is 1. The minimum absolute atomic E-state index is 0.105. The van der Waals surface area contributed by atoms with Gasteiger partial charge in [-0.25, -0.2) is 4.39 Å². The maximum absolute atomic E-state index is 14.3. The lowest BCUT2D eigenvalue weighted by Crippen LogP contribution is -2.52. The number of para-hydroxylation sites is 1. The molecule has 0 aliphatic carbocycles. The average molecular weight is 483 g/mol. The number of anilines is 2. The quantitative estimate of drug-likeness (QED) is 0.438. The minimum Gasteiger partial charge on any atom is -0.367 e. The van der Waals surface area contributed by atoms with Gasteiger partial charge in [0.15, 0.2) is 5.11 Å². The molecule has 1 saturated heterocycles. The van der Waals surface area contributed by atoms with Crippen molar-refractivity contribution in [3.05, 3.63) is 81.8 Å². The van der Waals surface area contributed by atoms with Crippen LogP contribution < -0.4 is 15.5 Å². The number of hydrogen-bond acceptors (Lipinski definition) is 4. The number of thiophene rings is 1. The molecule has 2 N–H and O–H groups in total. The molecule has 1 aliphatic rings. The van der Waals surface area contributed by atoms with E-state index in [4.69, 9.17) is 12.2 Å². The lowest BCUT2D eigenvalue weighted by atomic mass is 10.0. The van der Waals surface area contributed by atoms with Crippen molar-refractivity contribution in [3.63, 3.8) is 0 Å². The summed E-state index contributed by atoms with van der Waals surface area (Å²) in [6, 6.07) is 17.9. The summed E-state index contributed by atoms with van der Waals surface area (Å²) in [5.74, 6) is -0.154. The molecule has 3 aromatic rings. The highest BCUT2D eigenvalue weighted by Crippen LogP contribution is 2.31. The van der Waals surface area contributed by atoms with Crippen molar-refractivity contribution >= 4 is 40.0 Å². The number of thiocarbonyl (C=S) groups is 1. The van der Waals surface area contributed by atoms with Gasteiger partial charge < -0.3 is 15.5 Å². The van der Waals surface area contributed by atoms with Crippen LogP contribution in [0.3, 0.4) is 0 Å². The predicted molar refractivity (Wildman–Crippen MR) is 142 cm³/mol. The lowest BCUT2D eigenvalue weighted by Gasteiger charge is -2.42. The van der Waals surface area contributed by atoms with Gasteiger partial charge in [-0.2, -0.15) is 0 Å². The number of rotatable bonds is 6. The van der Waals surface area contributed by atoms with Crippen LogP contribution in [-0.4, -0.2) is 42.2 Å². The Morgan fingerprint density at radius 3 is 2.48 bits per heavy atom. The first-order valence-corrected chi connectivity index (χ1v) is 12.6. The average Bonchev–Trinajstić information content (AvgIpc) is 3.31. The molecular formula is C26H31FN4S2. The molecule has 0 spiro atoms. The predicted octanol–water partition coefficient (Wildman–Crippen LogP) is 5.74. The minimum atomic E-state index is -0.154. The fourth-order valence-corrected chi connectivity index (χ4v) is 5.73. The van der Waals surface area contributed by atoms with Crippen molar-refractivity contribution in [3.8, 4) is 0 Å². The van der Waals surface area contributed by atoms with Crippen LogP contribution in [0.5, 0.6) is 0 Å². The smallest absolute Gasteiger partial charge is 0.171 e. The van der Waals surface area contributed by atoms with E-state index in [2.05, 4.69) is 76.9 Å². The zero-order valence-electron chi connectivity index (χ0n) is 19.3. The zero-order chi connectivity index (χ0) is 23.4. The molecule has 4 nitrogen and oxygen atoms in total. The van der Waals surface area contributed by atoms with Gasteiger partial charge in [-0.15, -0.1) is 11.3 Å². The Kier molecular flexibility index (Phi) is 7.63. The summed E-state index contributed by atoms with van der Waals surface area (Å²) in [6.45, 7) is 9.65.